The summed E-state index contributed by atoms with van der Waals surface area (Å²) in [7, 11) is 0. The zero-order valence-electron chi connectivity index (χ0n) is 22.5. The molecule has 0 unspecified atom stereocenters. The molecule has 1 aliphatic rings. The molecule has 0 saturated carbocycles. The van der Waals surface area contributed by atoms with Gasteiger partial charge in [-0.2, -0.15) is 0 Å². The van der Waals surface area contributed by atoms with Crippen molar-refractivity contribution < 1.29 is 28.5 Å². The number of hydrogen-bond donors (Lipinski definition) is 0. The van der Waals surface area contributed by atoms with Gasteiger partial charge >= 0.3 is 6.09 Å². The summed E-state index contributed by atoms with van der Waals surface area (Å²) < 4.78 is 23.7. The summed E-state index contributed by atoms with van der Waals surface area (Å²) in [6.07, 6.45) is 3.43. The number of benzene rings is 3. The minimum Gasteiger partial charge on any atom is -0.485 e. The number of unbranched alkanes of at least 4 members (excludes halogenated alkanes) is 1. The number of carbonyl (C=O) groups excluding carboxylic acids is 2. The van der Waals surface area contributed by atoms with E-state index in [1.807, 2.05) is 85.8 Å². The Morgan fingerprint density at radius 3 is 2.15 bits per heavy atom. The number of rotatable bonds is 14. The van der Waals surface area contributed by atoms with Crippen LogP contribution < -0.4 is 9.47 Å². The van der Waals surface area contributed by atoms with Gasteiger partial charge in [0.05, 0.1) is 31.9 Å². The highest BCUT2D eigenvalue weighted by Gasteiger charge is 2.37. The first-order chi connectivity index (χ1) is 19.2. The van der Waals surface area contributed by atoms with Crippen LogP contribution in [0.5, 0.6) is 11.5 Å². The molecule has 0 aliphatic carbocycles. The molecule has 1 saturated heterocycles. The molecule has 3 aromatic rings. The van der Waals surface area contributed by atoms with Crippen LogP contribution in [0.1, 0.15) is 49.3 Å². The van der Waals surface area contributed by atoms with Crippen LogP contribution >= 0.6 is 0 Å². The third kappa shape index (κ3) is 8.32. The highest BCUT2D eigenvalue weighted by Crippen LogP contribution is 2.31. The van der Waals surface area contributed by atoms with Gasteiger partial charge in [-0.05, 0) is 48.1 Å². The van der Waals surface area contributed by atoms with Crippen molar-refractivity contribution in [3.8, 4) is 11.5 Å². The van der Waals surface area contributed by atoms with Gasteiger partial charge in [-0.25, -0.2) is 4.79 Å². The molecule has 0 radical (unpaired) electrons. The van der Waals surface area contributed by atoms with Crippen LogP contribution in [0.15, 0.2) is 78.9 Å². The lowest BCUT2D eigenvalue weighted by Crippen LogP contribution is -2.44. The van der Waals surface area contributed by atoms with Crippen LogP contribution in [0.4, 0.5) is 4.79 Å². The van der Waals surface area contributed by atoms with Gasteiger partial charge < -0.3 is 23.7 Å². The molecular formula is C32H37NO6. The quantitative estimate of drug-likeness (QED) is 0.179. The Hall–Kier alpha value is -3.84. The normalized spacial score (nSPS) is 16.6. The smallest absolute Gasteiger partial charge is 0.410 e. The summed E-state index contributed by atoms with van der Waals surface area (Å²) in [6, 6.07) is 25.1. The molecule has 4 rings (SSSR count). The van der Waals surface area contributed by atoms with Gasteiger partial charge in [0.25, 0.3) is 0 Å². The van der Waals surface area contributed by atoms with E-state index in [0.717, 1.165) is 35.8 Å². The number of likely N-dealkylation sites (tertiary alicyclic amines) is 1. The number of nitrogens with zero attached hydrogens (tertiary/aromatic N) is 1. The number of carbonyl (C=O) groups is 2. The maximum atomic E-state index is 12.6. The third-order valence-electron chi connectivity index (χ3n) is 6.70. The summed E-state index contributed by atoms with van der Waals surface area (Å²) in [5.74, 6) is 1.29. The first-order valence-corrected chi connectivity index (χ1v) is 13.6. The lowest BCUT2D eigenvalue weighted by molar-refractivity contribution is -0.111. The summed E-state index contributed by atoms with van der Waals surface area (Å²) in [6.45, 7) is 3.89. The first-order valence-electron chi connectivity index (χ1n) is 13.6. The maximum Gasteiger partial charge on any atom is 0.410 e. The van der Waals surface area contributed by atoms with Gasteiger partial charge in [-0.1, -0.05) is 80.1 Å². The fourth-order valence-electron chi connectivity index (χ4n) is 4.53. The monoisotopic (exact) mass is 531 g/mol. The third-order valence-corrected chi connectivity index (χ3v) is 6.70. The Balaban J connectivity index is 1.38. The second-order valence-corrected chi connectivity index (χ2v) is 9.65. The van der Waals surface area contributed by atoms with Crippen molar-refractivity contribution in [2.75, 3.05) is 13.2 Å². The summed E-state index contributed by atoms with van der Waals surface area (Å²) in [4.78, 5) is 25.7. The molecule has 0 aromatic heterocycles. The molecule has 1 aliphatic heterocycles. The lowest BCUT2D eigenvalue weighted by Gasteiger charge is -2.27. The Morgan fingerprint density at radius 2 is 1.51 bits per heavy atom. The van der Waals surface area contributed by atoms with Crippen molar-refractivity contribution in [1.29, 1.82) is 0 Å². The lowest BCUT2D eigenvalue weighted by atomic mass is 10.2. The summed E-state index contributed by atoms with van der Waals surface area (Å²) in [5.41, 5.74) is 3.05. The van der Waals surface area contributed by atoms with Gasteiger partial charge in [-0.15, -0.1) is 0 Å². The van der Waals surface area contributed by atoms with Crippen molar-refractivity contribution in [2.24, 2.45) is 0 Å². The highest BCUT2D eigenvalue weighted by atomic mass is 16.6. The van der Waals surface area contributed by atoms with E-state index < -0.39 is 12.1 Å². The molecule has 7 nitrogen and oxygen atoms in total. The van der Waals surface area contributed by atoms with Crippen molar-refractivity contribution in [3.63, 3.8) is 0 Å². The van der Waals surface area contributed by atoms with E-state index in [1.54, 1.807) is 0 Å². The molecule has 1 amide bonds. The number of ether oxygens (including phenoxy) is 4. The van der Waals surface area contributed by atoms with Crippen LogP contribution in [0.2, 0.25) is 0 Å². The number of aldehydes is 1. The van der Waals surface area contributed by atoms with E-state index in [9.17, 15) is 9.59 Å². The predicted molar refractivity (Wildman–Crippen MR) is 149 cm³/mol. The van der Waals surface area contributed by atoms with Crippen molar-refractivity contribution in [3.05, 3.63) is 95.6 Å². The first kappa shape index (κ1) is 28.2. The Morgan fingerprint density at radius 1 is 0.846 bits per heavy atom. The fourth-order valence-corrected chi connectivity index (χ4v) is 4.53. The molecule has 206 valence electrons. The summed E-state index contributed by atoms with van der Waals surface area (Å²) in [5, 5.41) is 0. The standard InChI is InChI=1S/C32H37NO6/c1-2-3-18-37-32(35)33-28(20-34)15-16-29(33)24-36-21-27-14-17-30(38-22-25-10-6-4-7-11-25)31(19-27)39-23-26-12-8-5-9-13-26/h4-14,17,19-20,28-29H,2-3,15-16,18,21-24H2,1H3/t28-,29+/m0/s1. The molecule has 0 bridgehead atoms. The van der Waals surface area contributed by atoms with Crippen molar-refractivity contribution >= 4 is 12.4 Å². The van der Waals surface area contributed by atoms with Crippen LogP contribution in [-0.2, 0) is 34.1 Å². The Kier molecular flexibility index (Phi) is 10.8. The van der Waals surface area contributed by atoms with Gasteiger partial charge in [0.15, 0.2) is 11.5 Å². The van der Waals surface area contributed by atoms with Crippen molar-refractivity contribution in [1.82, 2.24) is 4.90 Å². The number of hydrogen-bond acceptors (Lipinski definition) is 6. The molecule has 0 spiro atoms. The van der Waals surface area contributed by atoms with Crippen LogP contribution in [0.3, 0.4) is 0 Å². The minimum atomic E-state index is -0.466. The van der Waals surface area contributed by atoms with Crippen LogP contribution in [-0.4, -0.2) is 42.6 Å². The fraction of sp³-hybridized carbons (Fsp3) is 0.375. The average molecular weight is 532 g/mol. The van der Waals surface area contributed by atoms with Gasteiger partial charge in [0.2, 0.25) is 0 Å². The molecule has 7 heteroatoms. The Labute approximate surface area is 230 Å². The van der Waals surface area contributed by atoms with E-state index in [4.69, 9.17) is 18.9 Å². The maximum absolute atomic E-state index is 12.6. The van der Waals surface area contributed by atoms with E-state index in [2.05, 4.69) is 0 Å². The zero-order valence-corrected chi connectivity index (χ0v) is 22.5. The van der Waals surface area contributed by atoms with E-state index in [1.165, 1.54) is 4.90 Å². The molecule has 2 atom stereocenters. The van der Waals surface area contributed by atoms with Crippen LogP contribution in [0.25, 0.3) is 0 Å². The topological polar surface area (TPSA) is 74.3 Å². The van der Waals surface area contributed by atoms with Gasteiger partial charge in [-0.3, -0.25) is 4.90 Å². The Bertz CT molecular complexity index is 1170. The largest absolute Gasteiger partial charge is 0.485 e. The van der Waals surface area contributed by atoms with Gasteiger partial charge in [0.1, 0.15) is 19.5 Å². The molecule has 1 heterocycles. The van der Waals surface area contributed by atoms with Crippen molar-refractivity contribution in [2.45, 2.75) is 64.5 Å². The highest BCUT2D eigenvalue weighted by molar-refractivity contribution is 5.74. The second-order valence-electron chi connectivity index (χ2n) is 9.65. The van der Waals surface area contributed by atoms with E-state index >= 15 is 0 Å². The average Bonchev–Trinajstić information content (AvgIpc) is 3.39. The minimum absolute atomic E-state index is 0.198. The predicted octanol–water partition coefficient (Wildman–Crippen LogP) is 6.33. The van der Waals surface area contributed by atoms with E-state index in [0.29, 0.717) is 57.4 Å². The molecule has 1 fully saturated rings. The molecule has 39 heavy (non-hydrogen) atoms. The van der Waals surface area contributed by atoms with Crippen LogP contribution in [0, 0.1) is 0 Å². The summed E-state index contributed by atoms with van der Waals surface area (Å²) >= 11 is 0. The molecular weight excluding hydrogens is 494 g/mol. The van der Waals surface area contributed by atoms with E-state index in [-0.39, 0.29) is 6.04 Å². The molecule has 0 N–H and O–H groups in total. The SMILES string of the molecule is CCCCOC(=O)N1[C@@H](COCc2ccc(OCc3ccccc3)c(OCc3ccccc3)c2)CC[C@H]1C=O. The molecule has 3 aromatic carbocycles. The second kappa shape index (κ2) is 14.9. The zero-order chi connectivity index (χ0) is 27.3. The van der Waals surface area contributed by atoms with Gasteiger partial charge in [0, 0.05) is 0 Å². The number of amides is 1.